The summed E-state index contributed by atoms with van der Waals surface area (Å²) in [6, 6.07) is 0. The van der Waals surface area contributed by atoms with Gasteiger partial charge in [0.1, 0.15) is 0 Å². The highest BCUT2D eigenvalue weighted by molar-refractivity contribution is 4.88. The molecule has 0 spiro atoms. The summed E-state index contributed by atoms with van der Waals surface area (Å²) >= 11 is 0. The van der Waals surface area contributed by atoms with Crippen molar-refractivity contribution in [2.45, 2.75) is 39.5 Å². The Morgan fingerprint density at radius 2 is 1.91 bits per heavy atom. The molecule has 0 atom stereocenters. The van der Waals surface area contributed by atoms with E-state index < -0.39 is 0 Å². The lowest BCUT2D eigenvalue weighted by atomic mass is 10.1. The number of nitrogens with zero attached hydrogens (tertiary/aromatic N) is 1. The fraction of sp³-hybridized carbons (Fsp3) is 1.00. The Morgan fingerprint density at radius 3 is 2.36 bits per heavy atom. The third kappa shape index (κ3) is 3.24. The van der Waals surface area contributed by atoms with Crippen molar-refractivity contribution in [1.29, 1.82) is 0 Å². The summed E-state index contributed by atoms with van der Waals surface area (Å²) in [6.07, 6.45) is 5.62. The van der Waals surface area contributed by atoms with Gasteiger partial charge in [-0.05, 0) is 51.2 Å². The molecule has 0 aromatic rings. The Morgan fingerprint density at radius 1 is 1.27 bits per heavy atom. The van der Waals surface area contributed by atoms with Crippen LogP contribution in [-0.2, 0) is 0 Å². The van der Waals surface area contributed by atoms with Crippen LogP contribution in [0, 0.1) is 5.41 Å². The predicted molar refractivity (Wildman–Crippen MR) is 49.7 cm³/mol. The molecule has 1 aliphatic rings. The molecule has 0 aromatic heterocycles. The van der Waals surface area contributed by atoms with E-state index in [1.165, 1.54) is 38.8 Å². The number of rotatable bonds is 5. The first-order chi connectivity index (χ1) is 5.16. The molecule has 11 heavy (non-hydrogen) atoms. The second-order valence-corrected chi connectivity index (χ2v) is 4.36. The zero-order valence-corrected chi connectivity index (χ0v) is 8.19. The van der Waals surface area contributed by atoms with E-state index in [1.807, 2.05) is 0 Å². The van der Waals surface area contributed by atoms with Crippen LogP contribution in [0.5, 0.6) is 0 Å². The van der Waals surface area contributed by atoms with Crippen molar-refractivity contribution < 1.29 is 0 Å². The van der Waals surface area contributed by atoms with Gasteiger partial charge in [0.2, 0.25) is 0 Å². The summed E-state index contributed by atoms with van der Waals surface area (Å²) in [5, 5.41) is 0. The van der Waals surface area contributed by atoms with Gasteiger partial charge >= 0.3 is 0 Å². The molecule has 1 heteroatoms. The molecular formula is C10H21N. The summed E-state index contributed by atoms with van der Waals surface area (Å²) in [7, 11) is 2.23. The van der Waals surface area contributed by atoms with E-state index >= 15 is 0 Å². The van der Waals surface area contributed by atoms with E-state index in [4.69, 9.17) is 0 Å². The molecule has 0 radical (unpaired) electrons. The minimum Gasteiger partial charge on any atom is -0.306 e. The summed E-state index contributed by atoms with van der Waals surface area (Å²) in [5.74, 6) is 0. The normalized spacial score (nSPS) is 20.7. The molecule has 0 heterocycles. The van der Waals surface area contributed by atoms with Crippen molar-refractivity contribution in [2.75, 3.05) is 20.1 Å². The smallest absolute Gasteiger partial charge is 0.00166 e. The topological polar surface area (TPSA) is 3.24 Å². The van der Waals surface area contributed by atoms with Crippen molar-refractivity contribution in [1.82, 2.24) is 4.90 Å². The van der Waals surface area contributed by atoms with Crippen molar-refractivity contribution in [3.8, 4) is 0 Å². The standard InChI is InChI=1S/C10H21N/c1-4-8-11(3)9-7-10(2)5-6-10/h4-9H2,1-3H3. The predicted octanol–water partition coefficient (Wildman–Crippen LogP) is 2.52. The van der Waals surface area contributed by atoms with Crippen molar-refractivity contribution in [3.05, 3.63) is 0 Å². The average Bonchev–Trinajstić information content (AvgIpc) is 2.66. The zero-order valence-electron chi connectivity index (χ0n) is 8.19. The van der Waals surface area contributed by atoms with Gasteiger partial charge < -0.3 is 4.90 Å². The molecule has 0 N–H and O–H groups in total. The van der Waals surface area contributed by atoms with Crippen molar-refractivity contribution in [3.63, 3.8) is 0 Å². The van der Waals surface area contributed by atoms with Gasteiger partial charge in [0.05, 0.1) is 0 Å². The van der Waals surface area contributed by atoms with Gasteiger partial charge in [0.15, 0.2) is 0 Å². The second-order valence-electron chi connectivity index (χ2n) is 4.36. The van der Waals surface area contributed by atoms with Crippen LogP contribution in [0.2, 0.25) is 0 Å². The van der Waals surface area contributed by atoms with E-state index in [2.05, 4.69) is 25.8 Å². The van der Waals surface area contributed by atoms with Crippen LogP contribution in [0.3, 0.4) is 0 Å². The van der Waals surface area contributed by atoms with E-state index in [9.17, 15) is 0 Å². The van der Waals surface area contributed by atoms with Gasteiger partial charge in [-0.15, -0.1) is 0 Å². The molecule has 1 rings (SSSR count). The number of hydrogen-bond donors (Lipinski definition) is 0. The molecular weight excluding hydrogens is 134 g/mol. The first-order valence-electron chi connectivity index (χ1n) is 4.85. The lowest BCUT2D eigenvalue weighted by Gasteiger charge is -2.17. The molecule has 1 aliphatic carbocycles. The van der Waals surface area contributed by atoms with Gasteiger partial charge in [0.25, 0.3) is 0 Å². The van der Waals surface area contributed by atoms with E-state index in [0.717, 1.165) is 5.41 Å². The lowest BCUT2D eigenvalue weighted by Crippen LogP contribution is -2.22. The number of hydrogen-bond acceptors (Lipinski definition) is 1. The molecule has 1 saturated carbocycles. The molecule has 1 fully saturated rings. The lowest BCUT2D eigenvalue weighted by molar-refractivity contribution is 0.299. The third-order valence-corrected chi connectivity index (χ3v) is 2.81. The quantitative estimate of drug-likeness (QED) is 0.589. The Hall–Kier alpha value is -0.0400. The highest BCUT2D eigenvalue weighted by atomic mass is 15.1. The molecule has 0 aliphatic heterocycles. The van der Waals surface area contributed by atoms with Crippen LogP contribution in [0.4, 0.5) is 0 Å². The fourth-order valence-corrected chi connectivity index (χ4v) is 1.42. The average molecular weight is 155 g/mol. The fourth-order valence-electron chi connectivity index (χ4n) is 1.42. The van der Waals surface area contributed by atoms with Gasteiger partial charge in [-0.1, -0.05) is 13.8 Å². The minimum atomic E-state index is 0.738. The maximum absolute atomic E-state index is 2.45. The maximum atomic E-state index is 2.45. The molecule has 66 valence electrons. The van der Waals surface area contributed by atoms with Crippen LogP contribution in [0.1, 0.15) is 39.5 Å². The van der Waals surface area contributed by atoms with E-state index in [-0.39, 0.29) is 0 Å². The van der Waals surface area contributed by atoms with Crippen molar-refractivity contribution >= 4 is 0 Å². The molecule has 1 nitrogen and oxygen atoms in total. The molecule has 0 aromatic carbocycles. The molecule has 0 unspecified atom stereocenters. The maximum Gasteiger partial charge on any atom is -0.00166 e. The minimum absolute atomic E-state index is 0.738. The summed E-state index contributed by atoms with van der Waals surface area (Å²) in [6.45, 7) is 7.21. The van der Waals surface area contributed by atoms with Crippen LogP contribution in [-0.4, -0.2) is 25.0 Å². The Bertz CT molecular complexity index is 116. The van der Waals surface area contributed by atoms with E-state index in [0.29, 0.717) is 0 Å². The largest absolute Gasteiger partial charge is 0.306 e. The Balaban J connectivity index is 2.01. The third-order valence-electron chi connectivity index (χ3n) is 2.81. The van der Waals surface area contributed by atoms with Crippen LogP contribution >= 0.6 is 0 Å². The summed E-state index contributed by atoms with van der Waals surface area (Å²) in [5.41, 5.74) is 0.738. The van der Waals surface area contributed by atoms with Crippen LogP contribution < -0.4 is 0 Å². The highest BCUT2D eigenvalue weighted by Gasteiger charge is 2.36. The molecule has 0 saturated heterocycles. The van der Waals surface area contributed by atoms with Gasteiger partial charge in [0, 0.05) is 0 Å². The summed E-state index contributed by atoms with van der Waals surface area (Å²) < 4.78 is 0. The highest BCUT2D eigenvalue weighted by Crippen LogP contribution is 2.47. The monoisotopic (exact) mass is 155 g/mol. The van der Waals surface area contributed by atoms with Crippen LogP contribution in [0.25, 0.3) is 0 Å². The Labute approximate surface area is 70.8 Å². The van der Waals surface area contributed by atoms with Gasteiger partial charge in [-0.25, -0.2) is 0 Å². The first-order valence-corrected chi connectivity index (χ1v) is 4.85. The molecule has 0 amide bonds. The van der Waals surface area contributed by atoms with Crippen molar-refractivity contribution in [2.24, 2.45) is 5.41 Å². The van der Waals surface area contributed by atoms with Crippen LogP contribution in [0.15, 0.2) is 0 Å². The zero-order chi connectivity index (χ0) is 8.32. The van der Waals surface area contributed by atoms with Gasteiger partial charge in [-0.2, -0.15) is 0 Å². The Kier molecular flexibility index (Phi) is 2.94. The second kappa shape index (κ2) is 3.57. The summed E-state index contributed by atoms with van der Waals surface area (Å²) in [4.78, 5) is 2.45. The molecule has 0 bridgehead atoms. The van der Waals surface area contributed by atoms with Gasteiger partial charge in [-0.3, -0.25) is 0 Å². The first kappa shape index (κ1) is 9.05. The van der Waals surface area contributed by atoms with E-state index in [1.54, 1.807) is 0 Å². The SMILES string of the molecule is CCCN(C)CCC1(C)CC1.